The van der Waals surface area contributed by atoms with Gasteiger partial charge < -0.3 is 0 Å². The topological polar surface area (TPSA) is 47.0 Å². The van der Waals surface area contributed by atoms with Crippen LogP contribution in [0.2, 0.25) is 0 Å². The van der Waals surface area contributed by atoms with Gasteiger partial charge in [0.2, 0.25) is 0 Å². The fraction of sp³-hybridized carbons (Fsp3) is 0.522. The smallest absolute Gasteiger partial charge is 0.256 e. The number of fused-ring (bicyclic) bond motifs is 1. The Morgan fingerprint density at radius 1 is 0.571 bits per heavy atom. The Balaban J connectivity index is 0.000000160. The monoisotopic (exact) mass is 659 g/mol. The van der Waals surface area contributed by atoms with Crippen LogP contribution < -0.4 is 0 Å². The largest absolute Gasteiger partial charge is 0.373 e. The number of aromatic nitrogens is 1. The van der Waals surface area contributed by atoms with E-state index in [1.54, 1.807) is 11.1 Å². The van der Waals surface area contributed by atoms with E-state index in [1.807, 2.05) is 0 Å². The van der Waals surface area contributed by atoms with Gasteiger partial charge in [0, 0.05) is 11.6 Å². The Hall–Kier alpha value is -3.55. The zero-order valence-corrected chi connectivity index (χ0v) is 31.2. The first-order valence-electron chi connectivity index (χ1n) is 19.2. The molecule has 0 N–H and O–H groups in total. The lowest BCUT2D eigenvalue weighted by Gasteiger charge is -2.34. The highest BCUT2D eigenvalue weighted by molar-refractivity contribution is 5.79. The maximum absolute atomic E-state index is 8.12. The Morgan fingerprint density at radius 3 is 1.43 bits per heavy atom. The van der Waals surface area contributed by atoms with Crippen LogP contribution in [0.25, 0.3) is 10.9 Å². The highest BCUT2D eigenvalue weighted by atomic mass is 16.2. The van der Waals surface area contributed by atoms with Gasteiger partial charge in [-0.2, -0.15) is 9.59 Å². The molecule has 0 atom stereocenters. The van der Waals surface area contributed by atoms with Crippen LogP contribution in [-0.4, -0.2) is 11.1 Å². The molecule has 1 aromatic heterocycles. The summed E-state index contributed by atoms with van der Waals surface area (Å²) < 4.78 is 0. The van der Waals surface area contributed by atoms with E-state index in [0.717, 1.165) is 11.9 Å². The summed E-state index contributed by atoms with van der Waals surface area (Å²) in [5.41, 5.74) is 9.74. The molecule has 262 valence electrons. The molecule has 3 saturated carbocycles. The van der Waals surface area contributed by atoms with E-state index in [1.165, 1.54) is 118 Å². The van der Waals surface area contributed by atoms with Crippen molar-refractivity contribution < 1.29 is 9.59 Å². The van der Waals surface area contributed by atoms with Crippen molar-refractivity contribution in [1.82, 2.24) is 4.98 Å². The third-order valence-electron chi connectivity index (χ3n) is 12.0. The second kappa shape index (κ2) is 18.4. The van der Waals surface area contributed by atoms with Crippen LogP contribution in [0.5, 0.6) is 0 Å². The minimum atomic E-state index is 0.250. The Kier molecular flexibility index (Phi) is 14.4. The van der Waals surface area contributed by atoms with Gasteiger partial charge in [-0.1, -0.05) is 158 Å². The Labute approximate surface area is 297 Å². The predicted octanol–water partition coefficient (Wildman–Crippen LogP) is 12.6. The molecule has 0 aliphatic heterocycles. The molecule has 0 bridgehead atoms. The normalized spacial score (nSPS) is 19.0. The lowest BCUT2D eigenvalue weighted by molar-refractivity contribution is -0.191. The summed E-state index contributed by atoms with van der Waals surface area (Å²) in [7, 11) is 0. The number of pyridine rings is 1. The van der Waals surface area contributed by atoms with Gasteiger partial charge in [0.15, 0.2) is 0 Å². The molecule has 0 unspecified atom stereocenters. The summed E-state index contributed by atoms with van der Waals surface area (Å²) >= 11 is 0. The summed E-state index contributed by atoms with van der Waals surface area (Å²) in [6, 6.07) is 29.2. The summed E-state index contributed by atoms with van der Waals surface area (Å²) in [5, 5.41) is 1.27. The van der Waals surface area contributed by atoms with Crippen molar-refractivity contribution >= 4 is 17.1 Å². The SMILES string of the molecule is CC1(c2cnc3ccccc3c2)CCCCC1.CCc1ccc(C2(C)CCCCC2)cc1.Cc1ccc(C2(C)CCCCC2)cc1.O=C=O. The van der Waals surface area contributed by atoms with Gasteiger partial charge in [0.05, 0.1) is 5.52 Å². The molecule has 1 heterocycles. The van der Waals surface area contributed by atoms with Crippen LogP contribution in [0.15, 0.2) is 85.1 Å². The number of aryl methyl sites for hydroxylation is 2. The molecule has 0 saturated heterocycles. The molecule has 49 heavy (non-hydrogen) atoms. The van der Waals surface area contributed by atoms with E-state index < -0.39 is 0 Å². The summed E-state index contributed by atoms with van der Waals surface area (Å²) in [4.78, 5) is 20.9. The quantitative estimate of drug-likeness (QED) is 0.219. The number of rotatable bonds is 4. The number of benzene rings is 3. The number of carbonyl (C=O) groups excluding carboxylic acids is 2. The summed E-state index contributed by atoms with van der Waals surface area (Å²) in [6.45, 7) is 11.6. The summed E-state index contributed by atoms with van der Waals surface area (Å²) in [6.07, 6.45) is 24.2. The predicted molar refractivity (Wildman–Crippen MR) is 205 cm³/mol. The summed E-state index contributed by atoms with van der Waals surface area (Å²) in [5.74, 6) is 0. The maximum atomic E-state index is 8.12. The highest BCUT2D eigenvalue weighted by Crippen LogP contribution is 2.41. The fourth-order valence-electron chi connectivity index (χ4n) is 8.36. The van der Waals surface area contributed by atoms with Crippen LogP contribution in [0, 0.1) is 6.92 Å². The molecule has 0 radical (unpaired) electrons. The molecular weight excluding hydrogens is 599 g/mol. The molecule has 3 fully saturated rings. The first-order chi connectivity index (χ1) is 23.6. The lowest BCUT2D eigenvalue weighted by Crippen LogP contribution is -2.25. The minimum Gasteiger partial charge on any atom is -0.256 e. The molecule has 3 aromatic carbocycles. The number of hydrogen-bond acceptors (Lipinski definition) is 3. The second-order valence-corrected chi connectivity index (χ2v) is 15.8. The molecule has 3 aliphatic rings. The maximum Gasteiger partial charge on any atom is 0.373 e. The number of para-hydroxylation sites is 1. The van der Waals surface area contributed by atoms with Gasteiger partial charge in [0.1, 0.15) is 0 Å². The van der Waals surface area contributed by atoms with Crippen LogP contribution in [0.4, 0.5) is 0 Å². The van der Waals surface area contributed by atoms with Crippen LogP contribution in [0.1, 0.15) is 152 Å². The average Bonchev–Trinajstić information content (AvgIpc) is 3.13. The van der Waals surface area contributed by atoms with E-state index >= 15 is 0 Å². The van der Waals surface area contributed by atoms with Crippen molar-refractivity contribution in [3.05, 3.63) is 113 Å². The molecule has 3 heteroatoms. The number of nitrogens with zero attached hydrogens (tertiary/aromatic N) is 1. The number of hydrogen-bond donors (Lipinski definition) is 0. The van der Waals surface area contributed by atoms with Gasteiger partial charge in [-0.3, -0.25) is 4.98 Å². The highest BCUT2D eigenvalue weighted by Gasteiger charge is 2.30. The van der Waals surface area contributed by atoms with E-state index in [9.17, 15) is 0 Å². The van der Waals surface area contributed by atoms with Crippen LogP contribution in [0.3, 0.4) is 0 Å². The Morgan fingerprint density at radius 2 is 0.980 bits per heavy atom. The second-order valence-electron chi connectivity index (χ2n) is 15.8. The third kappa shape index (κ3) is 10.7. The Bertz CT molecular complexity index is 1580. The third-order valence-corrected chi connectivity index (χ3v) is 12.0. The molecule has 3 aliphatic carbocycles. The molecule has 3 nitrogen and oxygen atoms in total. The lowest BCUT2D eigenvalue weighted by atomic mass is 9.71. The van der Waals surface area contributed by atoms with E-state index in [-0.39, 0.29) is 6.15 Å². The van der Waals surface area contributed by atoms with E-state index in [2.05, 4.69) is 125 Å². The first kappa shape index (κ1) is 38.3. The van der Waals surface area contributed by atoms with Crippen molar-refractivity contribution in [2.24, 2.45) is 0 Å². The van der Waals surface area contributed by atoms with Crippen LogP contribution in [-0.2, 0) is 32.3 Å². The van der Waals surface area contributed by atoms with Crippen molar-refractivity contribution in [3.8, 4) is 0 Å². The first-order valence-corrected chi connectivity index (χ1v) is 19.2. The minimum absolute atomic E-state index is 0.250. The molecule has 0 spiro atoms. The molecule has 4 aromatic rings. The van der Waals surface area contributed by atoms with Crippen molar-refractivity contribution in [2.45, 2.75) is 154 Å². The molecule has 0 amide bonds. The zero-order chi connectivity index (χ0) is 35.2. The van der Waals surface area contributed by atoms with Crippen molar-refractivity contribution in [1.29, 1.82) is 0 Å². The fourth-order valence-corrected chi connectivity index (χ4v) is 8.36. The zero-order valence-electron chi connectivity index (χ0n) is 31.2. The van der Waals surface area contributed by atoms with Crippen molar-refractivity contribution in [2.75, 3.05) is 0 Å². The molecule has 7 rings (SSSR count). The van der Waals surface area contributed by atoms with Gasteiger partial charge in [0.25, 0.3) is 0 Å². The van der Waals surface area contributed by atoms with Gasteiger partial charge >= 0.3 is 6.15 Å². The van der Waals surface area contributed by atoms with Crippen LogP contribution >= 0.6 is 0 Å². The van der Waals surface area contributed by atoms with Gasteiger partial charge in [-0.15, -0.1) is 0 Å². The van der Waals surface area contributed by atoms with E-state index in [4.69, 9.17) is 9.59 Å². The average molecular weight is 660 g/mol. The van der Waals surface area contributed by atoms with Crippen molar-refractivity contribution in [3.63, 3.8) is 0 Å². The standard InChI is InChI=1S/C16H19N.C15H22.C14H20.CO2/c1-16(9-5-2-6-10-16)14-11-13-7-3-4-8-15(13)17-12-14;1-3-13-7-9-14(10-8-13)15(2)11-5-4-6-12-15;1-12-6-8-13(9-7-12)14(2)10-4-3-5-11-14;2-1-3/h3-4,7-8,11-12H,2,5-6,9-10H2,1H3;7-10H,3-6,11-12H2,1-2H3;6-9H,3-5,10-11H2,1-2H3;. The van der Waals surface area contributed by atoms with E-state index in [0.29, 0.717) is 16.2 Å². The molecular formula is C46H61NO2. The van der Waals surface area contributed by atoms with Gasteiger partial charge in [-0.05, 0) is 103 Å². The van der Waals surface area contributed by atoms with Gasteiger partial charge in [-0.25, -0.2) is 0 Å².